The van der Waals surface area contributed by atoms with Crippen LogP contribution in [0.4, 0.5) is 0 Å². The summed E-state index contributed by atoms with van der Waals surface area (Å²) < 4.78 is 9.11. The maximum Gasteiger partial charge on any atom is 0.227 e. The number of nitrogens with zero attached hydrogens (tertiary/aromatic N) is 6. The van der Waals surface area contributed by atoms with Gasteiger partial charge < -0.3 is 15.0 Å². The Labute approximate surface area is 173 Å². The lowest BCUT2D eigenvalue weighted by atomic mass is 10.1. The first kappa shape index (κ1) is 18.6. The van der Waals surface area contributed by atoms with Gasteiger partial charge in [0, 0.05) is 43.2 Å². The maximum absolute atomic E-state index is 12.7. The summed E-state index contributed by atoms with van der Waals surface area (Å²) in [6.07, 6.45) is 9.07. The summed E-state index contributed by atoms with van der Waals surface area (Å²) in [5, 5.41) is 21.4. The van der Waals surface area contributed by atoms with Gasteiger partial charge in [-0.05, 0) is 25.5 Å². The fraction of sp³-hybridized carbons (Fsp3) is 0.429. The minimum absolute atomic E-state index is 0.114. The lowest BCUT2D eigenvalue weighted by Crippen LogP contribution is -2.35. The summed E-state index contributed by atoms with van der Waals surface area (Å²) in [6, 6.07) is 4.22. The molecule has 1 N–H and O–H groups in total. The number of methoxy groups -OCH3 is 1. The van der Waals surface area contributed by atoms with Gasteiger partial charge in [0.1, 0.15) is 22.9 Å². The second-order valence-electron chi connectivity index (χ2n) is 7.89. The minimum atomic E-state index is 0.114. The number of fused-ring (bicyclic) bond motifs is 1. The van der Waals surface area contributed by atoms with Crippen LogP contribution in [0.5, 0.6) is 5.75 Å². The maximum atomic E-state index is 12.7. The quantitative estimate of drug-likeness (QED) is 0.705. The molecule has 2 atom stereocenters. The second kappa shape index (κ2) is 7.46. The first-order valence-corrected chi connectivity index (χ1v) is 10.2. The van der Waals surface area contributed by atoms with Gasteiger partial charge in [0.2, 0.25) is 5.91 Å². The van der Waals surface area contributed by atoms with E-state index in [4.69, 9.17) is 4.74 Å². The van der Waals surface area contributed by atoms with Gasteiger partial charge in [-0.1, -0.05) is 0 Å². The Morgan fingerprint density at radius 3 is 2.93 bits per heavy atom. The van der Waals surface area contributed by atoms with Gasteiger partial charge in [-0.15, -0.1) is 0 Å². The molecule has 0 unspecified atom stereocenters. The molecule has 0 radical (unpaired) electrons. The molecule has 2 saturated heterocycles. The number of likely N-dealkylation sites (tertiary alicyclic amines) is 1. The molecule has 0 spiro atoms. The van der Waals surface area contributed by atoms with E-state index in [0.717, 1.165) is 43.6 Å². The Bertz CT molecular complexity index is 1140. The number of ether oxygens (including phenoxy) is 1. The molecular formula is C21H23N7O2. The Kier molecular flexibility index (Phi) is 4.64. The third-order valence-electron chi connectivity index (χ3n) is 6.11. The largest absolute Gasteiger partial charge is 0.494 e. The van der Waals surface area contributed by atoms with Crippen LogP contribution in [0.3, 0.4) is 0 Å². The van der Waals surface area contributed by atoms with E-state index in [0.29, 0.717) is 23.4 Å². The van der Waals surface area contributed by atoms with Gasteiger partial charge in [0.05, 0.1) is 31.5 Å². The van der Waals surface area contributed by atoms with Crippen molar-refractivity contribution in [2.24, 2.45) is 5.92 Å². The number of rotatable bonds is 4. The second-order valence-corrected chi connectivity index (χ2v) is 7.89. The number of carbonyl (C=O) groups excluding carboxylic acids is 1. The zero-order chi connectivity index (χ0) is 20.7. The van der Waals surface area contributed by atoms with Crippen LogP contribution >= 0.6 is 0 Å². The molecule has 9 nitrogen and oxygen atoms in total. The van der Waals surface area contributed by atoms with E-state index in [-0.39, 0.29) is 17.9 Å². The highest BCUT2D eigenvalue weighted by Gasteiger charge is 2.33. The Balaban J connectivity index is 1.37. The highest BCUT2D eigenvalue weighted by Crippen LogP contribution is 2.31. The molecule has 5 rings (SSSR count). The average molecular weight is 405 g/mol. The molecule has 2 aliphatic heterocycles. The SMILES string of the molecule is COc1cc(-c2cnn([C@@H]3CCN(C(=O)[C@@H]4CCNC4)C3)c2)cn2ncc(C#N)c12. The van der Waals surface area contributed by atoms with E-state index in [2.05, 4.69) is 21.6 Å². The molecule has 0 saturated carbocycles. The van der Waals surface area contributed by atoms with E-state index in [9.17, 15) is 10.1 Å². The third kappa shape index (κ3) is 3.09. The van der Waals surface area contributed by atoms with Crippen molar-refractivity contribution in [1.82, 2.24) is 29.6 Å². The van der Waals surface area contributed by atoms with Gasteiger partial charge in [-0.25, -0.2) is 4.52 Å². The van der Waals surface area contributed by atoms with E-state index >= 15 is 0 Å². The van der Waals surface area contributed by atoms with Gasteiger partial charge in [0.15, 0.2) is 0 Å². The molecular weight excluding hydrogens is 382 g/mol. The van der Waals surface area contributed by atoms with Crippen molar-refractivity contribution in [2.75, 3.05) is 33.3 Å². The van der Waals surface area contributed by atoms with Crippen LogP contribution in [-0.2, 0) is 4.79 Å². The normalized spacial score (nSPS) is 21.3. The number of aromatic nitrogens is 4. The predicted molar refractivity (Wildman–Crippen MR) is 109 cm³/mol. The minimum Gasteiger partial charge on any atom is -0.494 e. The first-order chi connectivity index (χ1) is 14.7. The van der Waals surface area contributed by atoms with Crippen molar-refractivity contribution in [3.8, 4) is 22.9 Å². The van der Waals surface area contributed by atoms with E-state index in [1.807, 2.05) is 34.2 Å². The summed E-state index contributed by atoms with van der Waals surface area (Å²) in [6.45, 7) is 3.19. The first-order valence-electron chi connectivity index (χ1n) is 10.2. The van der Waals surface area contributed by atoms with Crippen molar-refractivity contribution >= 4 is 11.4 Å². The number of hydrogen-bond donors (Lipinski definition) is 1. The van der Waals surface area contributed by atoms with Crippen molar-refractivity contribution in [2.45, 2.75) is 18.9 Å². The molecule has 0 aromatic carbocycles. The molecule has 1 amide bonds. The Morgan fingerprint density at radius 2 is 2.17 bits per heavy atom. The van der Waals surface area contributed by atoms with Crippen LogP contribution in [0, 0.1) is 17.2 Å². The highest BCUT2D eigenvalue weighted by atomic mass is 16.5. The topological polar surface area (TPSA) is 100 Å². The molecule has 154 valence electrons. The van der Waals surface area contributed by atoms with Crippen LogP contribution in [0.1, 0.15) is 24.4 Å². The number of nitrogens with one attached hydrogen (secondary N) is 1. The van der Waals surface area contributed by atoms with Crippen molar-refractivity contribution in [3.05, 3.63) is 36.4 Å². The zero-order valence-electron chi connectivity index (χ0n) is 16.8. The summed E-state index contributed by atoms with van der Waals surface area (Å²) in [5.74, 6) is 0.970. The summed E-state index contributed by atoms with van der Waals surface area (Å²) in [4.78, 5) is 14.7. The van der Waals surface area contributed by atoms with Crippen LogP contribution in [0.15, 0.2) is 30.9 Å². The van der Waals surface area contributed by atoms with Crippen LogP contribution < -0.4 is 10.1 Å². The number of carbonyl (C=O) groups is 1. The smallest absolute Gasteiger partial charge is 0.227 e. The number of nitriles is 1. The summed E-state index contributed by atoms with van der Waals surface area (Å²) in [5.41, 5.74) is 2.97. The van der Waals surface area contributed by atoms with E-state index in [1.165, 1.54) is 6.20 Å². The third-order valence-corrected chi connectivity index (χ3v) is 6.11. The van der Waals surface area contributed by atoms with E-state index < -0.39 is 0 Å². The van der Waals surface area contributed by atoms with Gasteiger partial charge in [0.25, 0.3) is 0 Å². The van der Waals surface area contributed by atoms with Crippen molar-refractivity contribution in [3.63, 3.8) is 0 Å². The van der Waals surface area contributed by atoms with Crippen molar-refractivity contribution < 1.29 is 9.53 Å². The molecule has 5 heterocycles. The van der Waals surface area contributed by atoms with Crippen molar-refractivity contribution in [1.29, 1.82) is 5.26 Å². The molecule has 2 aliphatic rings. The van der Waals surface area contributed by atoms with Gasteiger partial charge >= 0.3 is 0 Å². The zero-order valence-corrected chi connectivity index (χ0v) is 16.8. The standard InChI is InChI=1S/C21H23N7O2/c1-30-19-6-15(11-28-20(19)16(7-22)9-25-28)17-10-24-27(12-17)18-3-5-26(13-18)21(29)14-2-4-23-8-14/h6,9-12,14,18,23H,2-5,8,13H2,1H3/t14-,18-/m1/s1. The fourth-order valence-corrected chi connectivity index (χ4v) is 4.45. The Hall–Kier alpha value is -3.38. The van der Waals surface area contributed by atoms with Gasteiger partial charge in [-0.2, -0.15) is 15.5 Å². The van der Waals surface area contributed by atoms with E-state index in [1.54, 1.807) is 11.6 Å². The molecule has 3 aromatic rings. The lowest BCUT2D eigenvalue weighted by molar-refractivity contribution is -0.133. The average Bonchev–Trinajstić information content (AvgIpc) is 3.56. The molecule has 30 heavy (non-hydrogen) atoms. The summed E-state index contributed by atoms with van der Waals surface area (Å²) in [7, 11) is 1.58. The molecule has 0 aliphatic carbocycles. The monoisotopic (exact) mass is 405 g/mol. The fourth-order valence-electron chi connectivity index (χ4n) is 4.45. The molecule has 3 aromatic heterocycles. The Morgan fingerprint density at radius 1 is 1.27 bits per heavy atom. The molecule has 2 fully saturated rings. The number of pyridine rings is 1. The van der Waals surface area contributed by atoms with Crippen LogP contribution in [0.2, 0.25) is 0 Å². The number of hydrogen-bond acceptors (Lipinski definition) is 6. The predicted octanol–water partition coefficient (Wildman–Crippen LogP) is 1.46. The van der Waals surface area contributed by atoms with Crippen LogP contribution in [0.25, 0.3) is 16.6 Å². The van der Waals surface area contributed by atoms with Gasteiger partial charge in [-0.3, -0.25) is 9.48 Å². The molecule has 9 heteroatoms. The summed E-state index contributed by atoms with van der Waals surface area (Å²) >= 11 is 0. The number of amides is 1. The highest BCUT2D eigenvalue weighted by molar-refractivity contribution is 5.79. The lowest BCUT2D eigenvalue weighted by Gasteiger charge is -2.20. The van der Waals surface area contributed by atoms with Crippen LogP contribution in [-0.4, -0.2) is 63.5 Å². The molecule has 0 bridgehead atoms.